The van der Waals surface area contributed by atoms with Crippen molar-refractivity contribution in [2.75, 3.05) is 7.11 Å². The van der Waals surface area contributed by atoms with Crippen LogP contribution in [0, 0.1) is 4.77 Å². The molecule has 0 amide bonds. The number of rotatable bonds is 6. The molecule has 0 aliphatic heterocycles. The molecule has 4 rings (SSSR count). The minimum absolute atomic E-state index is 0.496. The van der Waals surface area contributed by atoms with Crippen molar-refractivity contribution in [3.63, 3.8) is 0 Å². The number of hydrogen-bond acceptors (Lipinski definition) is 4. The summed E-state index contributed by atoms with van der Waals surface area (Å²) in [5, 5.41) is 5.63. The summed E-state index contributed by atoms with van der Waals surface area (Å²) < 4.78 is 9.40. The zero-order chi connectivity index (χ0) is 18.3. The number of hydrogen-bond donors (Lipinski definition) is 0. The average molecular weight is 409 g/mol. The molecule has 1 aliphatic carbocycles. The maximum absolute atomic E-state index is 6.26. The monoisotopic (exact) mass is 408 g/mol. The Morgan fingerprint density at radius 2 is 2.00 bits per heavy atom. The minimum Gasteiger partial charge on any atom is -0.497 e. The van der Waals surface area contributed by atoms with Crippen LogP contribution in [0.25, 0.3) is 5.65 Å². The summed E-state index contributed by atoms with van der Waals surface area (Å²) in [6.07, 6.45) is 4.15. The molecule has 0 unspecified atom stereocenters. The highest BCUT2D eigenvalue weighted by molar-refractivity contribution is 7.71. The Labute approximate surface area is 166 Å². The van der Waals surface area contributed by atoms with Crippen LogP contribution in [0.5, 0.6) is 5.75 Å². The third-order valence-corrected chi connectivity index (χ3v) is 5.42. The topological polar surface area (TPSA) is 34.7 Å². The second-order valence-electron chi connectivity index (χ2n) is 6.45. The molecule has 0 bridgehead atoms. The number of aromatic nitrogens is 3. The Morgan fingerprint density at radius 3 is 2.65 bits per heavy atom. The van der Waals surface area contributed by atoms with Crippen molar-refractivity contribution in [3.8, 4) is 5.75 Å². The van der Waals surface area contributed by atoms with Gasteiger partial charge >= 0.3 is 0 Å². The summed E-state index contributed by atoms with van der Waals surface area (Å²) in [5.41, 5.74) is 1.86. The molecule has 0 saturated heterocycles. The summed E-state index contributed by atoms with van der Waals surface area (Å²) in [6, 6.07) is 10.4. The SMILES string of the molecule is COc1ccc(CN(Cn2nc3c(Cl)cc(Cl)cn3c2=S)C2CC2)cc1. The van der Waals surface area contributed by atoms with Gasteiger partial charge in [-0.1, -0.05) is 35.3 Å². The Morgan fingerprint density at radius 1 is 1.27 bits per heavy atom. The van der Waals surface area contributed by atoms with Gasteiger partial charge in [0.1, 0.15) is 5.75 Å². The average Bonchev–Trinajstić information content (AvgIpc) is 3.42. The lowest BCUT2D eigenvalue weighted by Crippen LogP contribution is -2.29. The number of ether oxygens (including phenoxy) is 1. The third-order valence-electron chi connectivity index (χ3n) is 4.52. The van der Waals surface area contributed by atoms with E-state index >= 15 is 0 Å². The molecule has 5 nitrogen and oxygen atoms in total. The number of nitrogens with zero attached hydrogens (tertiary/aromatic N) is 4. The molecule has 0 radical (unpaired) electrons. The lowest BCUT2D eigenvalue weighted by Gasteiger charge is -2.21. The van der Waals surface area contributed by atoms with E-state index in [9.17, 15) is 0 Å². The van der Waals surface area contributed by atoms with Gasteiger partial charge in [-0.15, -0.1) is 5.10 Å². The third kappa shape index (κ3) is 3.60. The number of methoxy groups -OCH3 is 1. The standard InChI is InChI=1S/C18H18Cl2N4OS/c1-25-15-6-2-12(3-7-15)9-22(14-4-5-14)11-24-18(26)23-10-13(19)8-16(20)17(23)21-24/h2-3,6-8,10,14H,4-5,9,11H2,1H3. The van der Waals surface area contributed by atoms with E-state index in [1.54, 1.807) is 23.8 Å². The lowest BCUT2D eigenvalue weighted by atomic mass is 10.2. The van der Waals surface area contributed by atoms with Crippen LogP contribution in [-0.4, -0.2) is 32.2 Å². The molecule has 0 spiro atoms. The predicted octanol–water partition coefficient (Wildman–Crippen LogP) is 4.80. The van der Waals surface area contributed by atoms with E-state index in [2.05, 4.69) is 22.1 Å². The highest BCUT2D eigenvalue weighted by Gasteiger charge is 2.29. The molecule has 1 fully saturated rings. The van der Waals surface area contributed by atoms with Gasteiger partial charge in [0.15, 0.2) is 5.65 Å². The van der Waals surface area contributed by atoms with Gasteiger partial charge < -0.3 is 4.74 Å². The van der Waals surface area contributed by atoms with Crippen molar-refractivity contribution in [1.82, 2.24) is 19.1 Å². The molecular formula is C18H18Cl2N4OS. The van der Waals surface area contributed by atoms with Gasteiger partial charge in [-0.2, -0.15) is 0 Å². The minimum atomic E-state index is 0.496. The zero-order valence-electron chi connectivity index (χ0n) is 14.2. The van der Waals surface area contributed by atoms with Crippen LogP contribution in [0.15, 0.2) is 36.5 Å². The van der Waals surface area contributed by atoms with Crippen molar-refractivity contribution in [2.45, 2.75) is 32.1 Å². The van der Waals surface area contributed by atoms with E-state index in [-0.39, 0.29) is 0 Å². The summed E-state index contributed by atoms with van der Waals surface area (Å²) in [6.45, 7) is 1.45. The maximum atomic E-state index is 6.26. The van der Waals surface area contributed by atoms with Crippen LogP contribution >= 0.6 is 35.4 Å². The van der Waals surface area contributed by atoms with Crippen LogP contribution in [0.4, 0.5) is 0 Å². The van der Waals surface area contributed by atoms with E-state index < -0.39 is 0 Å². The van der Waals surface area contributed by atoms with Crippen molar-refractivity contribution < 1.29 is 4.74 Å². The first-order chi connectivity index (χ1) is 12.5. The normalized spacial score (nSPS) is 14.3. The largest absolute Gasteiger partial charge is 0.497 e. The Kier molecular flexibility index (Phi) is 4.92. The molecular weight excluding hydrogens is 391 g/mol. The zero-order valence-corrected chi connectivity index (χ0v) is 16.6. The Hall–Kier alpha value is -1.60. The molecule has 136 valence electrons. The van der Waals surface area contributed by atoms with Crippen molar-refractivity contribution in [2.24, 2.45) is 0 Å². The van der Waals surface area contributed by atoms with E-state index in [4.69, 9.17) is 40.2 Å². The van der Waals surface area contributed by atoms with E-state index in [0.29, 0.717) is 33.2 Å². The van der Waals surface area contributed by atoms with E-state index in [1.165, 1.54) is 18.4 Å². The molecule has 0 N–H and O–H groups in total. The summed E-state index contributed by atoms with van der Waals surface area (Å²) in [7, 11) is 1.67. The summed E-state index contributed by atoms with van der Waals surface area (Å²) in [5.74, 6) is 0.862. The highest BCUT2D eigenvalue weighted by Crippen LogP contribution is 2.29. The molecule has 8 heteroatoms. The van der Waals surface area contributed by atoms with Gasteiger partial charge in [0, 0.05) is 18.8 Å². The van der Waals surface area contributed by atoms with Crippen LogP contribution < -0.4 is 4.74 Å². The van der Waals surface area contributed by atoms with E-state index in [1.807, 2.05) is 16.8 Å². The lowest BCUT2D eigenvalue weighted by molar-refractivity contribution is 0.187. The molecule has 1 saturated carbocycles. The molecule has 26 heavy (non-hydrogen) atoms. The van der Waals surface area contributed by atoms with Crippen LogP contribution in [0.2, 0.25) is 10.0 Å². The van der Waals surface area contributed by atoms with Gasteiger partial charge in [0.2, 0.25) is 4.77 Å². The smallest absolute Gasteiger partial charge is 0.203 e. The Bertz CT molecular complexity index is 995. The fraction of sp³-hybridized carbons (Fsp3) is 0.333. The summed E-state index contributed by atoms with van der Waals surface area (Å²) >= 11 is 17.9. The fourth-order valence-corrected chi connectivity index (χ4v) is 3.76. The van der Waals surface area contributed by atoms with Gasteiger partial charge in [0.05, 0.1) is 23.8 Å². The summed E-state index contributed by atoms with van der Waals surface area (Å²) in [4.78, 5) is 2.39. The predicted molar refractivity (Wildman–Crippen MR) is 106 cm³/mol. The first-order valence-electron chi connectivity index (χ1n) is 8.36. The fourth-order valence-electron chi connectivity index (χ4n) is 3.01. The van der Waals surface area contributed by atoms with Crippen LogP contribution in [0.3, 0.4) is 0 Å². The second-order valence-corrected chi connectivity index (χ2v) is 7.66. The highest BCUT2D eigenvalue weighted by atomic mass is 35.5. The van der Waals surface area contributed by atoms with Gasteiger partial charge in [-0.25, -0.2) is 4.68 Å². The quantitative estimate of drug-likeness (QED) is 0.548. The van der Waals surface area contributed by atoms with Crippen molar-refractivity contribution in [3.05, 3.63) is 56.9 Å². The number of benzene rings is 1. The molecule has 3 aromatic rings. The number of fused-ring (bicyclic) bond motifs is 1. The maximum Gasteiger partial charge on any atom is 0.203 e. The van der Waals surface area contributed by atoms with Crippen LogP contribution in [0.1, 0.15) is 18.4 Å². The first kappa shape index (κ1) is 17.8. The first-order valence-corrected chi connectivity index (χ1v) is 9.53. The molecule has 2 heterocycles. The van der Waals surface area contributed by atoms with E-state index in [0.717, 1.165) is 12.3 Å². The molecule has 2 aromatic heterocycles. The molecule has 1 aliphatic rings. The van der Waals surface area contributed by atoms with Crippen LogP contribution in [-0.2, 0) is 13.2 Å². The second kappa shape index (κ2) is 7.19. The number of halogens is 2. The molecule has 0 atom stereocenters. The molecule has 1 aromatic carbocycles. The van der Waals surface area contributed by atoms with Gasteiger partial charge in [-0.3, -0.25) is 9.30 Å². The van der Waals surface area contributed by atoms with Gasteiger partial charge in [0.25, 0.3) is 0 Å². The van der Waals surface area contributed by atoms with Gasteiger partial charge in [-0.05, 0) is 48.8 Å². The van der Waals surface area contributed by atoms with Crippen molar-refractivity contribution in [1.29, 1.82) is 0 Å². The Balaban J connectivity index is 1.60. The number of pyridine rings is 1. The van der Waals surface area contributed by atoms with Crippen molar-refractivity contribution >= 4 is 41.1 Å².